The van der Waals surface area contributed by atoms with Gasteiger partial charge in [0.1, 0.15) is 0 Å². The van der Waals surface area contributed by atoms with E-state index in [1.54, 1.807) is 36.4 Å². The molecule has 1 saturated heterocycles. The number of fused-ring (bicyclic) bond motifs is 5. The molecule has 3 aliphatic rings. The summed E-state index contributed by atoms with van der Waals surface area (Å²) >= 11 is 0. The lowest BCUT2D eigenvalue weighted by molar-refractivity contribution is -0.123. The molecular weight excluding hydrogens is 560 g/mol. The van der Waals surface area contributed by atoms with E-state index in [0.29, 0.717) is 23.5 Å². The lowest BCUT2D eigenvalue weighted by Gasteiger charge is -2.28. The van der Waals surface area contributed by atoms with Gasteiger partial charge in [0.25, 0.3) is 5.91 Å². The zero-order valence-corrected chi connectivity index (χ0v) is 24.4. The molecule has 3 fully saturated rings. The number of esters is 2. The van der Waals surface area contributed by atoms with Crippen LogP contribution in [0.3, 0.4) is 0 Å². The number of carbonyl (C=O) groups excluding carboxylic acids is 5. The fraction of sp³-hybridized carbons (Fsp3) is 0.343. The van der Waals surface area contributed by atoms with Gasteiger partial charge in [-0.25, -0.2) is 9.59 Å². The van der Waals surface area contributed by atoms with Crippen LogP contribution in [0.15, 0.2) is 78.9 Å². The largest absolute Gasteiger partial charge is 0.462 e. The molecule has 2 bridgehead atoms. The highest BCUT2D eigenvalue weighted by Crippen LogP contribution is 2.61. The Balaban J connectivity index is 1.02. The van der Waals surface area contributed by atoms with Gasteiger partial charge in [-0.2, -0.15) is 0 Å². The molecule has 1 heterocycles. The zero-order chi connectivity index (χ0) is 30.8. The summed E-state index contributed by atoms with van der Waals surface area (Å²) in [6, 6.07) is 22.6. The molecule has 9 nitrogen and oxygen atoms in total. The van der Waals surface area contributed by atoms with E-state index in [1.807, 2.05) is 25.1 Å². The van der Waals surface area contributed by atoms with Crippen molar-refractivity contribution in [3.8, 4) is 0 Å². The van der Waals surface area contributed by atoms with Crippen molar-refractivity contribution in [1.82, 2.24) is 0 Å². The number of amides is 3. The molecule has 0 unspecified atom stereocenters. The second-order valence-corrected chi connectivity index (χ2v) is 11.7. The summed E-state index contributed by atoms with van der Waals surface area (Å²) in [5.74, 6) is -1.98. The van der Waals surface area contributed by atoms with Crippen molar-refractivity contribution in [2.45, 2.75) is 38.5 Å². The second-order valence-electron chi connectivity index (χ2n) is 11.7. The Kier molecular flexibility index (Phi) is 8.28. The van der Waals surface area contributed by atoms with Crippen LogP contribution in [0.5, 0.6) is 0 Å². The molecule has 9 heteroatoms. The maximum atomic E-state index is 13.6. The number of anilines is 2. The van der Waals surface area contributed by atoms with Crippen LogP contribution in [-0.2, 0) is 23.9 Å². The third kappa shape index (κ3) is 5.62. The first kappa shape index (κ1) is 29.3. The van der Waals surface area contributed by atoms with Gasteiger partial charge in [0.05, 0.1) is 35.3 Å². The van der Waals surface area contributed by atoms with E-state index in [0.717, 1.165) is 25.7 Å². The summed E-state index contributed by atoms with van der Waals surface area (Å²) in [6.45, 7) is 1.85. The number of ether oxygens (including phenoxy) is 2. The molecule has 3 aromatic rings. The lowest BCUT2D eigenvalue weighted by Crippen LogP contribution is -2.33. The van der Waals surface area contributed by atoms with Crippen molar-refractivity contribution in [2.24, 2.45) is 23.7 Å². The molecule has 0 aromatic heterocycles. The Hall–Kier alpha value is -4.79. The number of hydrogen-bond acceptors (Lipinski definition) is 7. The average molecular weight is 595 g/mol. The van der Waals surface area contributed by atoms with Crippen LogP contribution in [0.4, 0.5) is 11.4 Å². The fourth-order valence-electron chi connectivity index (χ4n) is 7.04. The first-order chi connectivity index (χ1) is 21.4. The van der Waals surface area contributed by atoms with Gasteiger partial charge in [-0.05, 0) is 91.1 Å². The molecule has 5 atom stereocenters. The van der Waals surface area contributed by atoms with Crippen molar-refractivity contribution in [3.63, 3.8) is 0 Å². The molecule has 44 heavy (non-hydrogen) atoms. The van der Waals surface area contributed by atoms with E-state index in [1.165, 1.54) is 22.6 Å². The third-order valence-corrected chi connectivity index (χ3v) is 9.07. The number of imide groups is 1. The van der Waals surface area contributed by atoms with Crippen LogP contribution in [-0.4, -0.2) is 42.9 Å². The minimum atomic E-state index is -0.712. The van der Waals surface area contributed by atoms with Crippen LogP contribution < -0.4 is 10.2 Å². The smallest absolute Gasteiger partial charge is 0.338 e. The normalized spacial score (nSPS) is 23.4. The maximum Gasteiger partial charge on any atom is 0.338 e. The number of nitrogens with one attached hydrogen (secondary N) is 1. The Morgan fingerprint density at radius 3 is 2.11 bits per heavy atom. The van der Waals surface area contributed by atoms with Crippen LogP contribution in [0.25, 0.3) is 0 Å². The van der Waals surface area contributed by atoms with Gasteiger partial charge in [-0.1, -0.05) is 43.7 Å². The van der Waals surface area contributed by atoms with Gasteiger partial charge < -0.3 is 14.8 Å². The predicted molar refractivity (Wildman–Crippen MR) is 162 cm³/mol. The highest BCUT2D eigenvalue weighted by molar-refractivity contribution is 6.22. The standard InChI is InChI=1S/C35H34N2O7/c1-2-3-17-43-34(41)22-9-13-25(14-10-22)36-29(38)20-44-35(42)23-11-15-26(16-12-23)37-32(39)30-24-18-27(21-7-5-4-6-8-21)28(19-24)31(30)33(37)40/h4-16,24,27-28,30-31H,2-3,17-20H2,1H3,(H,36,38)/t24-,27-,28+,30+,31+/m0/s1. The van der Waals surface area contributed by atoms with Gasteiger partial charge in [0.15, 0.2) is 6.61 Å². The average Bonchev–Trinajstić information content (AvgIpc) is 3.72. The highest BCUT2D eigenvalue weighted by atomic mass is 16.5. The summed E-state index contributed by atoms with van der Waals surface area (Å²) in [5, 5.41) is 2.62. The number of rotatable bonds is 10. The molecule has 0 radical (unpaired) electrons. The fourth-order valence-corrected chi connectivity index (χ4v) is 7.04. The monoisotopic (exact) mass is 594 g/mol. The highest BCUT2D eigenvalue weighted by Gasteiger charge is 2.64. The topological polar surface area (TPSA) is 119 Å². The van der Waals surface area contributed by atoms with Gasteiger partial charge >= 0.3 is 11.9 Å². The van der Waals surface area contributed by atoms with Crippen LogP contribution in [0, 0.1) is 23.7 Å². The molecule has 2 aliphatic carbocycles. The summed E-state index contributed by atoms with van der Waals surface area (Å²) < 4.78 is 10.3. The second kappa shape index (κ2) is 12.4. The van der Waals surface area contributed by atoms with Gasteiger partial charge in [-0.15, -0.1) is 0 Å². The molecule has 226 valence electrons. The van der Waals surface area contributed by atoms with E-state index >= 15 is 0 Å². The third-order valence-electron chi connectivity index (χ3n) is 9.07. The van der Waals surface area contributed by atoms with Crippen LogP contribution in [0.1, 0.15) is 64.8 Å². The minimum Gasteiger partial charge on any atom is -0.462 e. The van der Waals surface area contributed by atoms with Crippen molar-refractivity contribution in [2.75, 3.05) is 23.4 Å². The Labute approximate surface area is 255 Å². The molecule has 1 aliphatic heterocycles. The van der Waals surface area contributed by atoms with E-state index in [-0.39, 0.29) is 47.0 Å². The summed E-state index contributed by atoms with van der Waals surface area (Å²) in [7, 11) is 0. The Morgan fingerprint density at radius 1 is 0.795 bits per heavy atom. The van der Waals surface area contributed by atoms with E-state index in [4.69, 9.17) is 9.47 Å². The SMILES string of the molecule is CCCCOC(=O)c1ccc(NC(=O)COC(=O)c2ccc(N3C(=O)[C@@H]4[C@@H]5C[C@@H]([C@H]4C3=O)[C@H](c3ccccc3)C5)cc2)cc1. The van der Waals surface area contributed by atoms with Gasteiger partial charge in [0, 0.05) is 5.69 Å². The summed E-state index contributed by atoms with van der Waals surface area (Å²) in [6.07, 6.45) is 3.53. The molecule has 6 rings (SSSR count). The minimum absolute atomic E-state index is 0.152. The lowest BCUT2D eigenvalue weighted by atomic mass is 9.73. The Bertz CT molecular complexity index is 1570. The maximum absolute atomic E-state index is 13.6. The quantitative estimate of drug-likeness (QED) is 0.190. The number of unbranched alkanes of at least 4 members (excludes halogenated alkanes) is 1. The molecule has 3 aromatic carbocycles. The predicted octanol–water partition coefficient (Wildman–Crippen LogP) is 5.37. The van der Waals surface area contributed by atoms with Crippen molar-refractivity contribution in [1.29, 1.82) is 0 Å². The van der Waals surface area contributed by atoms with Gasteiger partial charge in [-0.3, -0.25) is 19.3 Å². The molecule has 3 amide bonds. The van der Waals surface area contributed by atoms with Crippen LogP contribution in [0.2, 0.25) is 0 Å². The van der Waals surface area contributed by atoms with Crippen molar-refractivity contribution >= 4 is 41.0 Å². The zero-order valence-electron chi connectivity index (χ0n) is 24.4. The molecule has 1 N–H and O–H groups in total. The number of carbonyl (C=O) groups is 5. The number of benzene rings is 3. The van der Waals surface area contributed by atoms with Crippen LogP contribution >= 0.6 is 0 Å². The summed E-state index contributed by atoms with van der Waals surface area (Å²) in [4.78, 5) is 65.3. The van der Waals surface area contributed by atoms with E-state index < -0.39 is 24.5 Å². The molecule has 2 saturated carbocycles. The molecular formula is C35H34N2O7. The number of nitrogens with zero attached hydrogens (tertiary/aromatic N) is 1. The molecule has 0 spiro atoms. The first-order valence-electron chi connectivity index (χ1n) is 15.1. The van der Waals surface area contributed by atoms with Crippen molar-refractivity contribution < 1.29 is 33.4 Å². The van der Waals surface area contributed by atoms with E-state index in [9.17, 15) is 24.0 Å². The van der Waals surface area contributed by atoms with E-state index in [2.05, 4.69) is 17.4 Å². The number of hydrogen-bond donors (Lipinski definition) is 1. The first-order valence-corrected chi connectivity index (χ1v) is 15.1. The summed E-state index contributed by atoms with van der Waals surface area (Å²) in [5.41, 5.74) is 2.66. The van der Waals surface area contributed by atoms with Crippen molar-refractivity contribution in [3.05, 3.63) is 95.6 Å². The Morgan fingerprint density at radius 2 is 1.43 bits per heavy atom. The van der Waals surface area contributed by atoms with Gasteiger partial charge in [0.2, 0.25) is 11.8 Å².